The van der Waals surface area contributed by atoms with Crippen LogP contribution in [0.2, 0.25) is 0 Å². The highest BCUT2D eigenvalue weighted by Crippen LogP contribution is 2.27. The van der Waals surface area contributed by atoms with Crippen molar-refractivity contribution in [3.05, 3.63) is 35.9 Å². The van der Waals surface area contributed by atoms with Crippen LogP contribution >= 0.6 is 0 Å². The maximum atomic E-state index is 9.42. The van der Waals surface area contributed by atoms with Gasteiger partial charge in [0.1, 0.15) is 0 Å². The zero-order valence-corrected chi connectivity index (χ0v) is 14.0. The number of aliphatic hydroxyl groups excluding tert-OH is 1. The second kappa shape index (κ2) is 8.49. The van der Waals surface area contributed by atoms with E-state index >= 15 is 0 Å². The molecule has 23 heavy (non-hydrogen) atoms. The lowest BCUT2D eigenvalue weighted by Crippen LogP contribution is -2.56. The molecule has 1 N–H and O–H groups in total. The number of hydrogen-bond acceptors (Lipinski definition) is 3. The van der Waals surface area contributed by atoms with E-state index in [4.69, 9.17) is 0 Å². The summed E-state index contributed by atoms with van der Waals surface area (Å²) in [6, 6.07) is 11.4. The largest absolute Gasteiger partial charge is 0.396 e. The first-order valence-corrected chi connectivity index (χ1v) is 8.99. The molecule has 3 heteroatoms. The van der Waals surface area contributed by atoms with Gasteiger partial charge in [0, 0.05) is 43.9 Å². The Morgan fingerprint density at radius 1 is 1.09 bits per heavy atom. The van der Waals surface area contributed by atoms with Crippen LogP contribution in [0.15, 0.2) is 30.3 Å². The van der Waals surface area contributed by atoms with Gasteiger partial charge in [-0.1, -0.05) is 42.9 Å². The molecule has 1 saturated carbocycles. The highest BCUT2D eigenvalue weighted by Gasteiger charge is 2.32. The third-order valence-electron chi connectivity index (χ3n) is 5.18. The summed E-state index contributed by atoms with van der Waals surface area (Å²) in [6.07, 6.45) is 6.32. The molecule has 0 bridgehead atoms. The molecule has 0 unspecified atom stereocenters. The van der Waals surface area contributed by atoms with Crippen molar-refractivity contribution in [1.82, 2.24) is 9.80 Å². The first-order valence-electron chi connectivity index (χ1n) is 8.99. The molecule has 2 fully saturated rings. The van der Waals surface area contributed by atoms with Gasteiger partial charge in [-0.05, 0) is 31.4 Å². The van der Waals surface area contributed by atoms with E-state index in [-0.39, 0.29) is 6.61 Å². The molecule has 1 aromatic carbocycles. The van der Waals surface area contributed by atoms with Gasteiger partial charge in [-0.15, -0.1) is 0 Å². The Bertz CT molecular complexity index is 528. The zero-order chi connectivity index (χ0) is 15.9. The van der Waals surface area contributed by atoms with Crippen LogP contribution in [0.4, 0.5) is 0 Å². The molecule has 1 saturated heterocycles. The van der Waals surface area contributed by atoms with Crippen molar-refractivity contribution in [3.8, 4) is 11.8 Å². The lowest BCUT2D eigenvalue weighted by atomic mass is 10.0. The summed E-state index contributed by atoms with van der Waals surface area (Å²) in [4.78, 5) is 5.12. The van der Waals surface area contributed by atoms with Gasteiger partial charge in [-0.2, -0.15) is 0 Å². The number of rotatable bonds is 4. The van der Waals surface area contributed by atoms with Crippen LogP contribution in [0.5, 0.6) is 0 Å². The van der Waals surface area contributed by atoms with Gasteiger partial charge < -0.3 is 5.11 Å². The summed E-state index contributed by atoms with van der Waals surface area (Å²) in [5.41, 5.74) is 1.09. The topological polar surface area (TPSA) is 26.7 Å². The van der Waals surface area contributed by atoms with Gasteiger partial charge in [0.2, 0.25) is 0 Å². The van der Waals surface area contributed by atoms with Gasteiger partial charge in [-0.25, -0.2) is 0 Å². The van der Waals surface area contributed by atoms with Crippen molar-refractivity contribution in [2.24, 2.45) is 0 Å². The molecule has 1 aromatic rings. The van der Waals surface area contributed by atoms with Crippen molar-refractivity contribution >= 4 is 0 Å². The molecule has 124 valence electrons. The summed E-state index contributed by atoms with van der Waals surface area (Å²) in [5.74, 6) is 6.56. The first kappa shape index (κ1) is 16.5. The van der Waals surface area contributed by atoms with Crippen LogP contribution in [-0.4, -0.2) is 59.8 Å². The summed E-state index contributed by atoms with van der Waals surface area (Å²) >= 11 is 0. The maximum Gasteiger partial charge on any atom is 0.0606 e. The molecule has 1 heterocycles. The Morgan fingerprint density at radius 3 is 2.61 bits per heavy atom. The average molecular weight is 312 g/mol. The van der Waals surface area contributed by atoms with Crippen LogP contribution < -0.4 is 0 Å². The van der Waals surface area contributed by atoms with Crippen LogP contribution in [0.1, 0.15) is 37.7 Å². The molecule has 2 aliphatic rings. The molecule has 3 rings (SSSR count). The standard InChI is InChI=1S/C20H28N2O/c23-16-12-20-17-21(13-6-9-18-7-2-1-3-8-18)14-15-22(20)19-10-4-5-11-19/h1-3,7-8,19-20,23H,4-5,10-17H2/t20-/m0/s1. The SMILES string of the molecule is OCC[C@H]1CN(CC#Cc2ccccc2)CCN1C1CCCC1. The lowest BCUT2D eigenvalue weighted by molar-refractivity contribution is 0.0354. The number of hydrogen-bond donors (Lipinski definition) is 1. The van der Waals surface area contributed by atoms with Crippen molar-refractivity contribution < 1.29 is 5.11 Å². The van der Waals surface area contributed by atoms with Gasteiger partial charge in [0.05, 0.1) is 6.54 Å². The number of benzene rings is 1. The van der Waals surface area contributed by atoms with E-state index in [1.807, 2.05) is 18.2 Å². The monoisotopic (exact) mass is 312 g/mol. The van der Waals surface area contributed by atoms with Gasteiger partial charge in [0.25, 0.3) is 0 Å². The van der Waals surface area contributed by atoms with Crippen molar-refractivity contribution in [3.63, 3.8) is 0 Å². The van der Waals surface area contributed by atoms with E-state index in [0.29, 0.717) is 6.04 Å². The number of aliphatic hydroxyl groups is 1. The Labute approximate surface area is 140 Å². The highest BCUT2D eigenvalue weighted by molar-refractivity contribution is 5.33. The third kappa shape index (κ3) is 4.57. The van der Waals surface area contributed by atoms with Gasteiger partial charge in [0.15, 0.2) is 0 Å². The van der Waals surface area contributed by atoms with E-state index in [9.17, 15) is 5.11 Å². The van der Waals surface area contributed by atoms with E-state index < -0.39 is 0 Å². The fourth-order valence-electron chi connectivity index (χ4n) is 3.97. The van der Waals surface area contributed by atoms with Crippen LogP contribution in [0.25, 0.3) is 0 Å². The smallest absolute Gasteiger partial charge is 0.0606 e. The molecule has 1 atom stereocenters. The minimum Gasteiger partial charge on any atom is -0.396 e. The zero-order valence-electron chi connectivity index (χ0n) is 14.0. The van der Waals surface area contributed by atoms with E-state index in [1.54, 1.807) is 0 Å². The number of piperazine rings is 1. The molecule has 0 radical (unpaired) electrons. The van der Waals surface area contributed by atoms with Crippen LogP contribution in [0, 0.1) is 11.8 Å². The normalized spacial score (nSPS) is 23.6. The minimum absolute atomic E-state index is 0.289. The summed E-state index contributed by atoms with van der Waals surface area (Å²) < 4.78 is 0. The predicted octanol–water partition coefficient (Wildman–Crippen LogP) is 2.35. The van der Waals surface area contributed by atoms with Crippen molar-refractivity contribution in [2.45, 2.75) is 44.2 Å². The second-order valence-corrected chi connectivity index (χ2v) is 6.75. The molecule has 3 nitrogen and oxygen atoms in total. The Balaban J connectivity index is 1.55. The molecule has 0 amide bonds. The van der Waals surface area contributed by atoms with Crippen LogP contribution in [0.3, 0.4) is 0 Å². The third-order valence-corrected chi connectivity index (χ3v) is 5.18. The molecule has 1 aliphatic carbocycles. The average Bonchev–Trinajstić information content (AvgIpc) is 3.11. The van der Waals surface area contributed by atoms with E-state index in [2.05, 4.69) is 33.8 Å². The molecule has 1 aliphatic heterocycles. The first-order chi connectivity index (χ1) is 11.4. The quantitative estimate of drug-likeness (QED) is 0.865. The fourth-order valence-corrected chi connectivity index (χ4v) is 3.97. The van der Waals surface area contributed by atoms with Crippen molar-refractivity contribution in [2.75, 3.05) is 32.8 Å². The summed E-state index contributed by atoms with van der Waals surface area (Å²) in [5, 5.41) is 9.42. The Kier molecular flexibility index (Phi) is 6.10. The van der Waals surface area contributed by atoms with Gasteiger partial charge >= 0.3 is 0 Å². The van der Waals surface area contributed by atoms with E-state index in [0.717, 1.165) is 44.2 Å². The predicted molar refractivity (Wildman–Crippen MR) is 94.2 cm³/mol. The second-order valence-electron chi connectivity index (χ2n) is 6.75. The molecular formula is C20H28N2O. The van der Waals surface area contributed by atoms with Crippen molar-refractivity contribution in [1.29, 1.82) is 0 Å². The lowest BCUT2D eigenvalue weighted by Gasteiger charge is -2.44. The highest BCUT2D eigenvalue weighted by atomic mass is 16.3. The van der Waals surface area contributed by atoms with Gasteiger partial charge in [-0.3, -0.25) is 9.80 Å². The minimum atomic E-state index is 0.289. The maximum absolute atomic E-state index is 9.42. The molecule has 0 spiro atoms. The van der Waals surface area contributed by atoms with Crippen LogP contribution in [-0.2, 0) is 0 Å². The number of nitrogens with zero attached hydrogens (tertiary/aromatic N) is 2. The Morgan fingerprint density at radius 2 is 1.87 bits per heavy atom. The molecule has 0 aromatic heterocycles. The summed E-state index contributed by atoms with van der Waals surface area (Å²) in [6.45, 7) is 4.39. The van der Waals surface area contributed by atoms with E-state index in [1.165, 1.54) is 25.7 Å². The molecular weight excluding hydrogens is 284 g/mol. The Hall–Kier alpha value is -1.34. The summed E-state index contributed by atoms with van der Waals surface area (Å²) in [7, 11) is 0. The fraction of sp³-hybridized carbons (Fsp3) is 0.600.